The molecule has 6 heteroatoms. The van der Waals surface area contributed by atoms with Crippen molar-refractivity contribution in [2.45, 2.75) is 74.7 Å². The first-order valence-corrected chi connectivity index (χ1v) is 11.1. The minimum Gasteiger partial charge on any atom is -0.504 e. The fourth-order valence-electron chi connectivity index (χ4n) is 7.09. The second kappa shape index (κ2) is 5.67. The second-order valence-corrected chi connectivity index (χ2v) is 10.0. The van der Waals surface area contributed by atoms with E-state index in [0.717, 1.165) is 43.8 Å². The molecule has 3 aliphatic carbocycles. The van der Waals surface area contributed by atoms with Crippen molar-refractivity contribution in [2.75, 3.05) is 20.1 Å². The number of likely N-dealkylation sites (tertiary alicyclic amines) is 1. The molecule has 6 rings (SSSR count). The van der Waals surface area contributed by atoms with E-state index in [4.69, 9.17) is 4.74 Å². The van der Waals surface area contributed by atoms with Gasteiger partial charge in [0.15, 0.2) is 11.5 Å². The Morgan fingerprint density at radius 2 is 2.10 bits per heavy atom. The number of nitrogens with zero attached hydrogens (tertiary/aromatic N) is 2. The van der Waals surface area contributed by atoms with Crippen LogP contribution in [0.25, 0.3) is 0 Å². The van der Waals surface area contributed by atoms with Crippen LogP contribution in [0, 0.1) is 5.92 Å². The van der Waals surface area contributed by atoms with Gasteiger partial charge >= 0.3 is 0 Å². The molecule has 6 nitrogen and oxygen atoms in total. The highest BCUT2D eigenvalue weighted by Gasteiger charge is 2.73. The molecule has 2 bridgehead atoms. The number of aromatic hydroxyl groups is 1. The van der Waals surface area contributed by atoms with Crippen LogP contribution < -0.4 is 4.74 Å². The number of phenols is 1. The Balaban J connectivity index is 1.52. The molecule has 0 radical (unpaired) electrons. The number of aliphatic hydroxyl groups is 1. The van der Waals surface area contributed by atoms with E-state index < -0.39 is 11.0 Å². The minimum atomic E-state index is -0.884. The zero-order chi connectivity index (χ0) is 20.1. The van der Waals surface area contributed by atoms with Gasteiger partial charge in [-0.05, 0) is 62.6 Å². The van der Waals surface area contributed by atoms with Gasteiger partial charge < -0.3 is 19.8 Å². The molecule has 2 aliphatic heterocycles. The SMILES string of the molecule is CC(=O)N(C)[C@H]1CC[C@@]2(O)[C@H]3Cc4ccc(O)c5c4[C@@]2(CCN3CC2CC2)[C@H]1O5. The quantitative estimate of drug-likeness (QED) is 0.812. The molecule has 1 saturated heterocycles. The number of benzene rings is 1. The number of amides is 1. The van der Waals surface area contributed by atoms with E-state index >= 15 is 0 Å². The number of carbonyl (C=O) groups excluding carboxylic acids is 1. The summed E-state index contributed by atoms with van der Waals surface area (Å²) in [6.07, 6.45) is 5.28. The van der Waals surface area contributed by atoms with Gasteiger partial charge in [0.25, 0.3) is 0 Å². The minimum absolute atomic E-state index is 0.0133. The molecule has 1 spiro atoms. The summed E-state index contributed by atoms with van der Waals surface area (Å²) in [6.45, 7) is 3.60. The van der Waals surface area contributed by atoms with Crippen LogP contribution in [0.5, 0.6) is 11.5 Å². The van der Waals surface area contributed by atoms with Gasteiger partial charge in [-0.3, -0.25) is 9.69 Å². The van der Waals surface area contributed by atoms with Crippen LogP contribution >= 0.6 is 0 Å². The van der Waals surface area contributed by atoms with Gasteiger partial charge in [-0.1, -0.05) is 6.07 Å². The van der Waals surface area contributed by atoms with Gasteiger partial charge in [-0.25, -0.2) is 0 Å². The van der Waals surface area contributed by atoms with E-state index in [9.17, 15) is 15.0 Å². The maximum absolute atomic E-state index is 12.3. The van der Waals surface area contributed by atoms with Crippen molar-refractivity contribution in [1.29, 1.82) is 0 Å². The number of hydrogen-bond donors (Lipinski definition) is 2. The fourth-order valence-corrected chi connectivity index (χ4v) is 7.09. The Morgan fingerprint density at radius 1 is 1.31 bits per heavy atom. The zero-order valence-electron chi connectivity index (χ0n) is 17.2. The van der Waals surface area contributed by atoms with E-state index in [1.54, 1.807) is 17.9 Å². The van der Waals surface area contributed by atoms with Crippen LogP contribution in [-0.4, -0.2) is 69.8 Å². The van der Waals surface area contributed by atoms with E-state index in [-0.39, 0.29) is 29.8 Å². The predicted molar refractivity (Wildman–Crippen MR) is 107 cm³/mol. The van der Waals surface area contributed by atoms with Crippen molar-refractivity contribution in [2.24, 2.45) is 5.92 Å². The third-order valence-electron chi connectivity index (χ3n) is 8.73. The number of hydrogen-bond acceptors (Lipinski definition) is 5. The summed E-state index contributed by atoms with van der Waals surface area (Å²) in [6, 6.07) is 3.74. The molecule has 5 atom stereocenters. The summed E-state index contributed by atoms with van der Waals surface area (Å²) < 4.78 is 6.46. The van der Waals surface area contributed by atoms with Gasteiger partial charge in [0.2, 0.25) is 5.91 Å². The lowest BCUT2D eigenvalue weighted by Crippen LogP contribution is -2.78. The average Bonchev–Trinajstić information content (AvgIpc) is 3.42. The van der Waals surface area contributed by atoms with Crippen LogP contribution in [0.3, 0.4) is 0 Å². The summed E-state index contributed by atoms with van der Waals surface area (Å²) >= 11 is 0. The van der Waals surface area contributed by atoms with E-state index in [1.807, 2.05) is 13.1 Å². The van der Waals surface area contributed by atoms with Crippen molar-refractivity contribution in [1.82, 2.24) is 9.80 Å². The highest BCUT2D eigenvalue weighted by atomic mass is 16.5. The molecular weight excluding hydrogens is 368 g/mol. The molecule has 3 fully saturated rings. The molecule has 1 aromatic rings. The third-order valence-corrected chi connectivity index (χ3v) is 8.73. The number of piperidine rings is 1. The number of phenolic OH excluding ortho intramolecular Hbond substituents is 1. The topological polar surface area (TPSA) is 73.2 Å². The largest absolute Gasteiger partial charge is 0.504 e. The van der Waals surface area contributed by atoms with E-state index in [0.29, 0.717) is 12.2 Å². The summed E-state index contributed by atoms with van der Waals surface area (Å²) in [4.78, 5) is 16.5. The van der Waals surface area contributed by atoms with Gasteiger partial charge in [-0.2, -0.15) is 0 Å². The molecule has 2 saturated carbocycles. The van der Waals surface area contributed by atoms with E-state index in [1.165, 1.54) is 18.4 Å². The highest BCUT2D eigenvalue weighted by Crippen LogP contribution is 2.65. The number of ether oxygens (including phenoxy) is 1. The van der Waals surface area contributed by atoms with Crippen molar-refractivity contribution >= 4 is 5.91 Å². The van der Waals surface area contributed by atoms with Crippen molar-refractivity contribution in [3.63, 3.8) is 0 Å². The molecular formula is C23H30N2O4. The summed E-state index contributed by atoms with van der Waals surface area (Å²) in [5.41, 5.74) is 0.785. The second-order valence-electron chi connectivity index (χ2n) is 10.0. The Labute approximate surface area is 171 Å². The molecule has 29 heavy (non-hydrogen) atoms. The molecule has 156 valence electrons. The number of rotatable bonds is 3. The van der Waals surface area contributed by atoms with Crippen LogP contribution in [0.15, 0.2) is 12.1 Å². The molecule has 5 aliphatic rings. The number of likely N-dealkylation sites (N-methyl/N-ethyl adjacent to an activating group) is 1. The van der Waals surface area contributed by atoms with Gasteiger partial charge in [0.1, 0.15) is 6.10 Å². The summed E-state index contributed by atoms with van der Waals surface area (Å²) in [7, 11) is 1.84. The Morgan fingerprint density at radius 3 is 2.83 bits per heavy atom. The third kappa shape index (κ3) is 2.12. The fraction of sp³-hybridized carbons (Fsp3) is 0.696. The van der Waals surface area contributed by atoms with Gasteiger partial charge in [-0.15, -0.1) is 0 Å². The Hall–Kier alpha value is -1.79. The van der Waals surface area contributed by atoms with Crippen molar-refractivity contribution < 1.29 is 19.7 Å². The normalized spacial score (nSPS) is 39.6. The Kier molecular flexibility index (Phi) is 3.52. The maximum Gasteiger partial charge on any atom is 0.219 e. The molecule has 2 N–H and O–H groups in total. The standard InChI is InChI=1S/C23H30N2O4/c1-13(26)24(2)16-7-8-23(28)18-11-15-5-6-17(27)20-19(15)22(23,21(16)29-20)9-10-25(18)12-14-3-4-14/h5-6,14,16,18,21,27-28H,3-4,7-12H2,1-2H3/t16-,18+,21-,22-,23+/m0/s1. The smallest absolute Gasteiger partial charge is 0.219 e. The first kappa shape index (κ1) is 18.0. The van der Waals surface area contributed by atoms with Crippen LogP contribution in [0.1, 0.15) is 50.2 Å². The molecule has 1 aromatic carbocycles. The van der Waals surface area contributed by atoms with Crippen LogP contribution in [-0.2, 0) is 16.6 Å². The van der Waals surface area contributed by atoms with Gasteiger partial charge in [0.05, 0.1) is 17.1 Å². The van der Waals surface area contributed by atoms with Crippen molar-refractivity contribution in [3.8, 4) is 11.5 Å². The van der Waals surface area contributed by atoms with Gasteiger partial charge in [0, 0.05) is 32.1 Å². The highest BCUT2D eigenvalue weighted by molar-refractivity contribution is 5.74. The summed E-state index contributed by atoms with van der Waals surface area (Å²) in [5, 5.41) is 22.9. The lowest BCUT2D eigenvalue weighted by atomic mass is 9.48. The lowest BCUT2D eigenvalue weighted by molar-refractivity contribution is -0.200. The zero-order valence-corrected chi connectivity index (χ0v) is 17.2. The lowest BCUT2D eigenvalue weighted by Gasteiger charge is -2.64. The first-order chi connectivity index (χ1) is 13.9. The van der Waals surface area contributed by atoms with Crippen LogP contribution in [0.4, 0.5) is 0 Å². The maximum atomic E-state index is 12.3. The Bertz CT molecular complexity index is 899. The molecule has 0 aromatic heterocycles. The van der Waals surface area contributed by atoms with E-state index in [2.05, 4.69) is 4.90 Å². The molecule has 0 unspecified atom stereocenters. The molecule has 2 heterocycles. The molecule has 1 amide bonds. The summed E-state index contributed by atoms with van der Waals surface area (Å²) in [5.74, 6) is 1.49. The van der Waals surface area contributed by atoms with Crippen molar-refractivity contribution in [3.05, 3.63) is 23.3 Å². The average molecular weight is 399 g/mol. The monoisotopic (exact) mass is 398 g/mol. The first-order valence-electron chi connectivity index (χ1n) is 11.1. The number of carbonyl (C=O) groups is 1. The van der Waals surface area contributed by atoms with Crippen LogP contribution in [0.2, 0.25) is 0 Å². The predicted octanol–water partition coefficient (Wildman–Crippen LogP) is 1.80.